The number of aromatic nitrogens is 4. The van der Waals surface area contributed by atoms with Gasteiger partial charge in [0.05, 0.1) is 5.69 Å². The molecule has 7 heteroatoms. The molecule has 1 aromatic heterocycles. The molecule has 1 saturated heterocycles. The Kier molecular flexibility index (Phi) is 4.09. The van der Waals surface area contributed by atoms with Crippen LogP contribution in [0, 0.1) is 0 Å². The van der Waals surface area contributed by atoms with Gasteiger partial charge in [-0.05, 0) is 47.5 Å². The number of hydrogen-bond acceptors (Lipinski definition) is 4. The number of rotatable bonds is 2. The molecule has 1 fully saturated rings. The van der Waals surface area contributed by atoms with Crippen LogP contribution in [-0.2, 0) is 0 Å². The Balaban J connectivity index is 1.63. The van der Waals surface area contributed by atoms with Crippen LogP contribution < -0.4 is 5.32 Å². The summed E-state index contributed by atoms with van der Waals surface area (Å²) in [4.78, 5) is 14.1. The van der Waals surface area contributed by atoms with Gasteiger partial charge in [-0.25, -0.2) is 9.48 Å². The van der Waals surface area contributed by atoms with Gasteiger partial charge < -0.3 is 10.2 Å². The molecule has 0 spiro atoms. The number of anilines is 1. The summed E-state index contributed by atoms with van der Waals surface area (Å²) >= 11 is 0. The van der Waals surface area contributed by atoms with Crippen molar-refractivity contribution >= 4 is 11.7 Å². The van der Waals surface area contributed by atoms with Gasteiger partial charge in [-0.2, -0.15) is 0 Å². The smallest absolute Gasteiger partial charge is 0.321 e. The van der Waals surface area contributed by atoms with Gasteiger partial charge in [-0.1, -0.05) is 12.8 Å². The summed E-state index contributed by atoms with van der Waals surface area (Å²) in [5.41, 5.74) is 1.63. The lowest BCUT2D eigenvalue weighted by molar-refractivity contribution is 0.214. The Morgan fingerprint density at radius 2 is 1.76 bits per heavy atom. The van der Waals surface area contributed by atoms with Crippen LogP contribution in [0.25, 0.3) is 5.69 Å². The number of urea groups is 1. The summed E-state index contributed by atoms with van der Waals surface area (Å²) in [7, 11) is 0. The van der Waals surface area contributed by atoms with Gasteiger partial charge in [-0.15, -0.1) is 5.10 Å². The molecule has 3 rings (SSSR count). The van der Waals surface area contributed by atoms with Gasteiger partial charge in [0.1, 0.15) is 6.33 Å². The van der Waals surface area contributed by atoms with Crippen molar-refractivity contribution < 1.29 is 4.79 Å². The Hall–Kier alpha value is -2.44. The first-order valence-corrected chi connectivity index (χ1v) is 7.22. The summed E-state index contributed by atoms with van der Waals surface area (Å²) in [6.07, 6.45) is 6.14. The third-order valence-corrected chi connectivity index (χ3v) is 3.63. The van der Waals surface area contributed by atoms with Gasteiger partial charge in [0.2, 0.25) is 0 Å². The van der Waals surface area contributed by atoms with E-state index in [-0.39, 0.29) is 6.03 Å². The van der Waals surface area contributed by atoms with Crippen LogP contribution in [0.2, 0.25) is 0 Å². The molecule has 1 aliphatic rings. The largest absolute Gasteiger partial charge is 0.325 e. The molecule has 0 saturated carbocycles. The minimum atomic E-state index is -0.0212. The third kappa shape index (κ3) is 3.36. The quantitative estimate of drug-likeness (QED) is 0.917. The number of tetrazole rings is 1. The van der Waals surface area contributed by atoms with Crippen LogP contribution in [0.1, 0.15) is 25.7 Å². The number of benzene rings is 1. The van der Waals surface area contributed by atoms with Crippen molar-refractivity contribution in [3.8, 4) is 5.69 Å². The molecule has 110 valence electrons. The lowest BCUT2D eigenvalue weighted by atomic mass is 10.2. The van der Waals surface area contributed by atoms with E-state index in [1.54, 1.807) is 4.68 Å². The number of nitrogens with zero attached hydrogens (tertiary/aromatic N) is 5. The fraction of sp³-hybridized carbons (Fsp3) is 0.429. The van der Waals surface area contributed by atoms with E-state index in [0.29, 0.717) is 0 Å². The summed E-state index contributed by atoms with van der Waals surface area (Å²) in [5, 5.41) is 13.9. The number of likely N-dealkylation sites (tertiary alicyclic amines) is 1. The van der Waals surface area contributed by atoms with Gasteiger partial charge in [0.15, 0.2) is 0 Å². The molecule has 2 aromatic rings. The first kappa shape index (κ1) is 13.5. The maximum absolute atomic E-state index is 12.2. The summed E-state index contributed by atoms with van der Waals surface area (Å²) in [6, 6.07) is 7.43. The molecule has 0 bridgehead atoms. The number of carbonyl (C=O) groups excluding carboxylic acids is 1. The van der Waals surface area contributed by atoms with Crippen LogP contribution in [0.15, 0.2) is 30.6 Å². The molecule has 0 radical (unpaired) electrons. The van der Waals surface area contributed by atoms with E-state index in [4.69, 9.17) is 0 Å². The Labute approximate surface area is 122 Å². The molecule has 0 aliphatic carbocycles. The van der Waals surface area contributed by atoms with E-state index in [1.807, 2.05) is 29.2 Å². The number of amides is 2. The highest BCUT2D eigenvalue weighted by Crippen LogP contribution is 2.14. The minimum Gasteiger partial charge on any atom is -0.325 e. The monoisotopic (exact) mass is 286 g/mol. The second kappa shape index (κ2) is 6.34. The molecule has 7 nitrogen and oxygen atoms in total. The maximum Gasteiger partial charge on any atom is 0.321 e. The van der Waals surface area contributed by atoms with Crippen LogP contribution >= 0.6 is 0 Å². The highest BCUT2D eigenvalue weighted by atomic mass is 16.2. The Morgan fingerprint density at radius 3 is 2.38 bits per heavy atom. The van der Waals surface area contributed by atoms with Crippen molar-refractivity contribution in [1.29, 1.82) is 0 Å². The predicted octanol–water partition coefficient (Wildman–Crippen LogP) is 2.07. The fourth-order valence-electron chi connectivity index (χ4n) is 2.45. The van der Waals surface area contributed by atoms with Crippen molar-refractivity contribution in [2.75, 3.05) is 18.4 Å². The summed E-state index contributed by atoms with van der Waals surface area (Å²) in [6.45, 7) is 1.68. The van der Waals surface area contributed by atoms with E-state index in [1.165, 1.54) is 19.2 Å². The summed E-state index contributed by atoms with van der Waals surface area (Å²) in [5.74, 6) is 0. The van der Waals surface area contributed by atoms with E-state index >= 15 is 0 Å². The van der Waals surface area contributed by atoms with Gasteiger partial charge in [0, 0.05) is 18.8 Å². The zero-order valence-corrected chi connectivity index (χ0v) is 11.8. The van der Waals surface area contributed by atoms with Gasteiger partial charge >= 0.3 is 6.03 Å². The lowest BCUT2D eigenvalue weighted by Gasteiger charge is -2.20. The van der Waals surface area contributed by atoms with Crippen molar-refractivity contribution in [2.24, 2.45) is 0 Å². The van der Waals surface area contributed by atoms with Gasteiger partial charge in [-0.3, -0.25) is 0 Å². The Morgan fingerprint density at radius 1 is 1.05 bits per heavy atom. The molecule has 1 aromatic carbocycles. The van der Waals surface area contributed by atoms with Crippen molar-refractivity contribution in [3.63, 3.8) is 0 Å². The molecule has 2 amide bonds. The van der Waals surface area contributed by atoms with Crippen LogP contribution in [0.3, 0.4) is 0 Å². The first-order valence-electron chi connectivity index (χ1n) is 7.22. The SMILES string of the molecule is O=C(Nc1ccc(-n2cnnn2)cc1)N1CCCCCC1. The number of nitrogens with one attached hydrogen (secondary N) is 1. The van der Waals surface area contributed by atoms with Crippen molar-refractivity contribution in [1.82, 2.24) is 25.1 Å². The number of carbonyl (C=O) groups is 1. The predicted molar refractivity (Wildman–Crippen MR) is 78.2 cm³/mol. The van der Waals surface area contributed by atoms with E-state index in [2.05, 4.69) is 20.8 Å². The zero-order chi connectivity index (χ0) is 14.5. The van der Waals surface area contributed by atoms with Crippen LogP contribution in [0.5, 0.6) is 0 Å². The first-order chi connectivity index (χ1) is 10.3. The molecule has 0 unspecified atom stereocenters. The molecule has 1 aliphatic heterocycles. The second-order valence-corrected chi connectivity index (χ2v) is 5.13. The van der Waals surface area contributed by atoms with Crippen LogP contribution in [0.4, 0.5) is 10.5 Å². The minimum absolute atomic E-state index is 0.0212. The molecule has 1 N–H and O–H groups in total. The maximum atomic E-state index is 12.2. The number of hydrogen-bond donors (Lipinski definition) is 1. The Bertz CT molecular complexity index is 572. The molecule has 21 heavy (non-hydrogen) atoms. The third-order valence-electron chi connectivity index (χ3n) is 3.63. The fourth-order valence-corrected chi connectivity index (χ4v) is 2.45. The second-order valence-electron chi connectivity index (χ2n) is 5.13. The molecular formula is C14H18N6O. The van der Waals surface area contributed by atoms with E-state index in [9.17, 15) is 4.79 Å². The molecule has 0 atom stereocenters. The van der Waals surface area contributed by atoms with Gasteiger partial charge in [0.25, 0.3) is 0 Å². The van der Waals surface area contributed by atoms with Crippen LogP contribution in [-0.4, -0.2) is 44.2 Å². The average molecular weight is 286 g/mol. The average Bonchev–Trinajstić information content (AvgIpc) is 2.90. The van der Waals surface area contributed by atoms with E-state index < -0.39 is 0 Å². The zero-order valence-electron chi connectivity index (χ0n) is 11.8. The van der Waals surface area contributed by atoms with Crippen molar-refractivity contribution in [3.05, 3.63) is 30.6 Å². The van der Waals surface area contributed by atoms with E-state index in [0.717, 1.165) is 37.3 Å². The lowest BCUT2D eigenvalue weighted by Crippen LogP contribution is -2.35. The summed E-state index contributed by atoms with van der Waals surface area (Å²) < 4.78 is 1.57. The van der Waals surface area contributed by atoms with Crippen molar-refractivity contribution in [2.45, 2.75) is 25.7 Å². The molecule has 2 heterocycles. The highest BCUT2D eigenvalue weighted by molar-refractivity contribution is 5.89. The normalized spacial score (nSPS) is 15.5. The molecular weight excluding hydrogens is 268 g/mol. The standard InChI is InChI=1S/C14H18N6O/c21-14(19-9-3-1-2-4-10-19)16-12-5-7-13(8-6-12)20-11-15-17-18-20/h5-8,11H,1-4,9-10H2,(H,16,21). The highest BCUT2D eigenvalue weighted by Gasteiger charge is 2.15. The topological polar surface area (TPSA) is 75.9 Å².